The second-order valence-corrected chi connectivity index (χ2v) is 6.44. The number of hydrogen-bond acceptors (Lipinski definition) is 5. The van der Waals surface area contributed by atoms with Gasteiger partial charge in [0.15, 0.2) is 0 Å². The van der Waals surface area contributed by atoms with E-state index in [1.807, 2.05) is 6.92 Å². The molecule has 1 aromatic carbocycles. The molecule has 112 valence electrons. The first kappa shape index (κ1) is 15.1. The lowest BCUT2D eigenvalue weighted by atomic mass is 10.2. The number of para-hydroxylation sites is 2. The van der Waals surface area contributed by atoms with Gasteiger partial charge in [-0.2, -0.15) is 0 Å². The Morgan fingerprint density at radius 2 is 1.81 bits per heavy atom. The molecule has 0 atom stereocenters. The number of aryl methyl sites for hydroxylation is 1. The van der Waals surface area contributed by atoms with E-state index in [0.29, 0.717) is 17.1 Å². The van der Waals surface area contributed by atoms with Crippen LogP contribution in [0.1, 0.15) is 11.4 Å². The van der Waals surface area contributed by atoms with Gasteiger partial charge >= 0.3 is 0 Å². The minimum absolute atomic E-state index is 0.0988. The molecule has 2 aromatic rings. The number of nitrogens with zero attached hydrogens (tertiary/aromatic N) is 1. The molecule has 0 bridgehead atoms. The fourth-order valence-electron chi connectivity index (χ4n) is 1.84. The Bertz CT molecular complexity index is 745. The molecule has 0 radical (unpaired) electrons. The van der Waals surface area contributed by atoms with Crippen molar-refractivity contribution in [3.05, 3.63) is 47.8 Å². The van der Waals surface area contributed by atoms with E-state index in [4.69, 9.17) is 0 Å². The molecular weight excluding hydrogens is 290 g/mol. The van der Waals surface area contributed by atoms with Crippen LogP contribution < -0.4 is 10.0 Å². The molecule has 6 nitrogen and oxygen atoms in total. The summed E-state index contributed by atoms with van der Waals surface area (Å²) in [6.45, 7) is 2.12. The van der Waals surface area contributed by atoms with E-state index in [-0.39, 0.29) is 12.3 Å². The lowest BCUT2D eigenvalue weighted by molar-refractivity contribution is 0.464. The molecule has 0 aliphatic carbocycles. The minimum atomic E-state index is -3.35. The molecule has 3 N–H and O–H groups in total. The van der Waals surface area contributed by atoms with E-state index in [1.165, 1.54) is 0 Å². The quantitative estimate of drug-likeness (QED) is 0.786. The van der Waals surface area contributed by atoms with Crippen molar-refractivity contribution >= 4 is 21.4 Å². The summed E-state index contributed by atoms with van der Waals surface area (Å²) in [5.74, 6) is 0.0988. The van der Waals surface area contributed by atoms with E-state index in [1.54, 1.807) is 36.4 Å². The second-order valence-electron chi connectivity index (χ2n) is 4.69. The van der Waals surface area contributed by atoms with Crippen molar-refractivity contribution in [3.8, 4) is 5.75 Å². The summed E-state index contributed by atoms with van der Waals surface area (Å²) in [6.07, 6.45) is 1.09. The molecule has 0 aliphatic heterocycles. The number of rotatable bonds is 5. The summed E-state index contributed by atoms with van der Waals surface area (Å²) >= 11 is 0. The van der Waals surface area contributed by atoms with E-state index in [0.717, 1.165) is 11.9 Å². The molecule has 0 aliphatic rings. The highest BCUT2D eigenvalue weighted by molar-refractivity contribution is 7.92. The van der Waals surface area contributed by atoms with Crippen molar-refractivity contribution in [2.24, 2.45) is 0 Å². The summed E-state index contributed by atoms with van der Waals surface area (Å²) < 4.78 is 25.1. The van der Waals surface area contributed by atoms with Gasteiger partial charge < -0.3 is 10.4 Å². The number of benzene rings is 1. The van der Waals surface area contributed by atoms with Crippen LogP contribution in [0.25, 0.3) is 0 Å². The third-order valence-corrected chi connectivity index (χ3v) is 3.35. The van der Waals surface area contributed by atoms with Crippen LogP contribution >= 0.6 is 0 Å². The van der Waals surface area contributed by atoms with Gasteiger partial charge in [0.05, 0.1) is 24.2 Å². The molecule has 21 heavy (non-hydrogen) atoms. The van der Waals surface area contributed by atoms with Gasteiger partial charge in [0.25, 0.3) is 0 Å². The van der Waals surface area contributed by atoms with Crippen molar-refractivity contribution in [3.63, 3.8) is 0 Å². The van der Waals surface area contributed by atoms with E-state index < -0.39 is 10.0 Å². The number of hydrogen-bond donors (Lipinski definition) is 3. The first-order valence-electron chi connectivity index (χ1n) is 6.31. The van der Waals surface area contributed by atoms with Gasteiger partial charge in [-0.05, 0) is 31.2 Å². The highest BCUT2D eigenvalue weighted by atomic mass is 32.2. The number of nitrogens with one attached hydrogen (secondary N) is 2. The summed E-state index contributed by atoms with van der Waals surface area (Å²) in [6, 6.07) is 10.2. The molecule has 1 aromatic heterocycles. The predicted octanol–water partition coefficient (Wildman–Crippen LogP) is 2.08. The fraction of sp³-hybridized carbons (Fsp3) is 0.214. The fourth-order valence-corrected chi connectivity index (χ4v) is 2.42. The highest BCUT2D eigenvalue weighted by Crippen LogP contribution is 2.23. The van der Waals surface area contributed by atoms with Crippen LogP contribution in [0.5, 0.6) is 5.75 Å². The number of aromatic hydroxyl groups is 1. The molecular formula is C14H17N3O3S. The zero-order valence-corrected chi connectivity index (χ0v) is 12.6. The van der Waals surface area contributed by atoms with Gasteiger partial charge in [-0.15, -0.1) is 0 Å². The molecule has 2 rings (SSSR count). The van der Waals surface area contributed by atoms with Crippen molar-refractivity contribution in [2.45, 2.75) is 13.5 Å². The maximum atomic E-state index is 11.3. The van der Waals surface area contributed by atoms with Gasteiger partial charge in [0.1, 0.15) is 11.4 Å². The SMILES string of the molecule is Cc1ccc(O)c(CNc2ccccc2NS(C)(=O)=O)n1. The molecule has 0 spiro atoms. The Morgan fingerprint density at radius 3 is 2.48 bits per heavy atom. The van der Waals surface area contributed by atoms with Gasteiger partial charge in [0, 0.05) is 5.69 Å². The summed E-state index contributed by atoms with van der Waals surface area (Å²) in [4.78, 5) is 4.24. The lowest BCUT2D eigenvalue weighted by Crippen LogP contribution is -2.12. The van der Waals surface area contributed by atoms with Crippen molar-refractivity contribution in [1.82, 2.24) is 4.98 Å². The van der Waals surface area contributed by atoms with Crippen molar-refractivity contribution < 1.29 is 13.5 Å². The molecule has 1 heterocycles. The Kier molecular flexibility index (Phi) is 4.32. The average Bonchev–Trinajstić information content (AvgIpc) is 2.39. The number of pyridine rings is 1. The van der Waals surface area contributed by atoms with Gasteiger partial charge in [-0.25, -0.2) is 8.42 Å². The maximum Gasteiger partial charge on any atom is 0.229 e. The largest absolute Gasteiger partial charge is 0.506 e. The normalized spacial score (nSPS) is 11.1. The van der Waals surface area contributed by atoms with Crippen LogP contribution in [-0.4, -0.2) is 24.8 Å². The van der Waals surface area contributed by atoms with Crippen LogP contribution in [0.2, 0.25) is 0 Å². The van der Waals surface area contributed by atoms with Gasteiger partial charge in [0.2, 0.25) is 10.0 Å². The van der Waals surface area contributed by atoms with E-state index in [9.17, 15) is 13.5 Å². The summed E-state index contributed by atoms with van der Waals surface area (Å²) in [5, 5.41) is 12.8. The molecule has 0 unspecified atom stereocenters. The van der Waals surface area contributed by atoms with Crippen LogP contribution in [-0.2, 0) is 16.6 Å². The highest BCUT2D eigenvalue weighted by Gasteiger charge is 2.08. The van der Waals surface area contributed by atoms with Crippen LogP contribution in [0.15, 0.2) is 36.4 Å². The molecule has 0 fully saturated rings. The van der Waals surface area contributed by atoms with Crippen LogP contribution in [0.4, 0.5) is 11.4 Å². The van der Waals surface area contributed by atoms with Crippen molar-refractivity contribution in [2.75, 3.05) is 16.3 Å². The molecule has 0 saturated heterocycles. The third-order valence-electron chi connectivity index (χ3n) is 2.76. The number of sulfonamides is 1. The first-order valence-corrected chi connectivity index (χ1v) is 8.20. The minimum Gasteiger partial charge on any atom is -0.506 e. The Balaban J connectivity index is 2.18. The van der Waals surface area contributed by atoms with Gasteiger partial charge in [-0.3, -0.25) is 9.71 Å². The van der Waals surface area contributed by atoms with E-state index >= 15 is 0 Å². The van der Waals surface area contributed by atoms with E-state index in [2.05, 4.69) is 15.0 Å². The van der Waals surface area contributed by atoms with Crippen LogP contribution in [0.3, 0.4) is 0 Å². The summed E-state index contributed by atoms with van der Waals surface area (Å²) in [7, 11) is -3.35. The second kappa shape index (κ2) is 6.01. The smallest absolute Gasteiger partial charge is 0.229 e. The Hall–Kier alpha value is -2.28. The average molecular weight is 307 g/mol. The number of anilines is 2. The van der Waals surface area contributed by atoms with Gasteiger partial charge in [-0.1, -0.05) is 12.1 Å². The molecule has 0 amide bonds. The monoisotopic (exact) mass is 307 g/mol. The first-order chi connectivity index (χ1) is 9.85. The topological polar surface area (TPSA) is 91.3 Å². The maximum absolute atomic E-state index is 11.3. The zero-order valence-electron chi connectivity index (χ0n) is 11.8. The zero-order chi connectivity index (χ0) is 15.5. The summed E-state index contributed by atoms with van der Waals surface area (Å²) in [5.41, 5.74) is 2.37. The van der Waals surface area contributed by atoms with Crippen LogP contribution in [0, 0.1) is 6.92 Å². The standard InChI is InChI=1S/C14H17N3O3S/c1-10-7-8-14(18)13(16-10)9-15-11-5-3-4-6-12(11)17-21(2,19)20/h3-8,15,17-18H,9H2,1-2H3. The lowest BCUT2D eigenvalue weighted by Gasteiger charge is -2.13. The predicted molar refractivity (Wildman–Crippen MR) is 82.9 cm³/mol. The molecule has 7 heteroatoms. The molecule has 0 saturated carbocycles. The Morgan fingerprint density at radius 1 is 1.14 bits per heavy atom. The number of aromatic nitrogens is 1. The van der Waals surface area contributed by atoms with Crippen molar-refractivity contribution in [1.29, 1.82) is 0 Å². The Labute approximate surface area is 123 Å². The third kappa shape index (κ3) is 4.35.